The van der Waals surface area contributed by atoms with Crippen LogP contribution in [0.5, 0.6) is 0 Å². The van der Waals surface area contributed by atoms with Crippen LogP contribution >= 0.6 is 15.9 Å². The number of aryl methyl sites for hydroxylation is 1. The maximum atomic E-state index is 5.57. The van der Waals surface area contributed by atoms with Crippen LogP contribution in [-0.2, 0) is 11.3 Å². The molecule has 1 aliphatic rings. The monoisotopic (exact) mass is 283 g/mol. The molecule has 1 N–H and O–H groups in total. The second-order valence-electron chi connectivity index (χ2n) is 4.34. The summed E-state index contributed by atoms with van der Waals surface area (Å²) >= 11 is 3.50. The minimum atomic E-state index is 0.424. The van der Waals surface area contributed by atoms with Gasteiger partial charge in [0.15, 0.2) is 0 Å². The molecule has 0 aliphatic carbocycles. The summed E-state index contributed by atoms with van der Waals surface area (Å²) < 4.78 is 6.72. The molecule has 1 saturated heterocycles. The highest BCUT2D eigenvalue weighted by molar-refractivity contribution is 9.10. The van der Waals surface area contributed by atoms with E-state index in [9.17, 15) is 0 Å². The zero-order valence-corrected chi connectivity index (χ0v) is 11.2. The molecule has 0 amide bonds. The van der Waals surface area contributed by atoms with Crippen LogP contribution in [0.15, 0.2) is 22.7 Å². The lowest BCUT2D eigenvalue weighted by Crippen LogP contribution is -2.26. The molecule has 0 spiro atoms. The number of hydrogen-bond acceptors (Lipinski definition) is 2. The predicted molar refractivity (Wildman–Crippen MR) is 69.6 cm³/mol. The quantitative estimate of drug-likeness (QED) is 0.917. The van der Waals surface area contributed by atoms with E-state index in [2.05, 4.69) is 46.4 Å². The Morgan fingerprint density at radius 2 is 2.38 bits per heavy atom. The molecule has 3 heteroatoms. The van der Waals surface area contributed by atoms with Crippen LogP contribution in [0.3, 0.4) is 0 Å². The molecule has 1 heterocycles. The summed E-state index contributed by atoms with van der Waals surface area (Å²) in [6, 6.07) is 6.41. The van der Waals surface area contributed by atoms with Gasteiger partial charge in [-0.05, 0) is 43.0 Å². The van der Waals surface area contributed by atoms with E-state index < -0.39 is 0 Å². The Labute approximate surface area is 106 Å². The van der Waals surface area contributed by atoms with Gasteiger partial charge in [0.2, 0.25) is 0 Å². The maximum absolute atomic E-state index is 5.57. The standard InChI is InChI=1S/C13H18BrNO/c1-10-4-5-12(14)7-11(10)8-15-9-13-3-2-6-16-13/h4-5,7,13,15H,2-3,6,8-9H2,1H3. The summed E-state index contributed by atoms with van der Waals surface area (Å²) in [5.41, 5.74) is 2.69. The van der Waals surface area contributed by atoms with Gasteiger partial charge in [-0.3, -0.25) is 0 Å². The van der Waals surface area contributed by atoms with E-state index in [-0.39, 0.29) is 0 Å². The molecule has 1 aliphatic heterocycles. The molecule has 0 radical (unpaired) electrons. The van der Waals surface area contributed by atoms with Crippen molar-refractivity contribution in [3.63, 3.8) is 0 Å². The molecule has 1 aromatic carbocycles. The molecule has 88 valence electrons. The first-order chi connectivity index (χ1) is 7.75. The zero-order valence-electron chi connectivity index (χ0n) is 9.63. The topological polar surface area (TPSA) is 21.3 Å². The van der Waals surface area contributed by atoms with Crippen LogP contribution in [0.2, 0.25) is 0 Å². The third-order valence-corrected chi connectivity index (χ3v) is 3.52. The molecule has 0 aromatic heterocycles. The van der Waals surface area contributed by atoms with Gasteiger partial charge in [0.05, 0.1) is 6.10 Å². The van der Waals surface area contributed by atoms with Crippen molar-refractivity contribution in [1.82, 2.24) is 5.32 Å². The fourth-order valence-corrected chi connectivity index (χ4v) is 2.41. The molecule has 1 unspecified atom stereocenters. The van der Waals surface area contributed by atoms with Crippen LogP contribution in [0, 0.1) is 6.92 Å². The van der Waals surface area contributed by atoms with Gasteiger partial charge >= 0.3 is 0 Å². The van der Waals surface area contributed by atoms with Gasteiger partial charge in [-0.25, -0.2) is 0 Å². The lowest BCUT2D eigenvalue weighted by molar-refractivity contribution is 0.110. The fourth-order valence-electron chi connectivity index (χ4n) is 2.00. The van der Waals surface area contributed by atoms with Crippen LogP contribution in [0.25, 0.3) is 0 Å². The van der Waals surface area contributed by atoms with Crippen molar-refractivity contribution in [3.8, 4) is 0 Å². The number of nitrogens with one attached hydrogen (secondary N) is 1. The van der Waals surface area contributed by atoms with Crippen molar-refractivity contribution in [2.75, 3.05) is 13.2 Å². The Kier molecular flexibility index (Phi) is 4.38. The minimum absolute atomic E-state index is 0.424. The van der Waals surface area contributed by atoms with Gasteiger partial charge in [0, 0.05) is 24.2 Å². The van der Waals surface area contributed by atoms with Crippen molar-refractivity contribution >= 4 is 15.9 Å². The van der Waals surface area contributed by atoms with Crippen LogP contribution in [0.1, 0.15) is 24.0 Å². The van der Waals surface area contributed by atoms with Crippen molar-refractivity contribution < 1.29 is 4.74 Å². The molecule has 0 saturated carbocycles. The third kappa shape index (κ3) is 3.30. The van der Waals surface area contributed by atoms with Crippen molar-refractivity contribution in [1.29, 1.82) is 0 Å². The number of ether oxygens (including phenoxy) is 1. The number of rotatable bonds is 4. The maximum Gasteiger partial charge on any atom is 0.0700 e. The first-order valence-corrected chi connectivity index (χ1v) is 6.62. The van der Waals surface area contributed by atoms with Crippen LogP contribution in [0.4, 0.5) is 0 Å². The van der Waals surface area contributed by atoms with E-state index in [4.69, 9.17) is 4.74 Å². The number of benzene rings is 1. The summed E-state index contributed by atoms with van der Waals surface area (Å²) in [5, 5.41) is 3.47. The predicted octanol–water partition coefficient (Wildman–Crippen LogP) is 3.03. The summed E-state index contributed by atoms with van der Waals surface area (Å²) in [6.45, 7) is 4.97. The average Bonchev–Trinajstić information content (AvgIpc) is 2.76. The Morgan fingerprint density at radius 3 is 3.12 bits per heavy atom. The smallest absolute Gasteiger partial charge is 0.0700 e. The largest absolute Gasteiger partial charge is 0.377 e. The number of hydrogen-bond donors (Lipinski definition) is 1. The third-order valence-electron chi connectivity index (χ3n) is 3.02. The van der Waals surface area contributed by atoms with E-state index in [1.807, 2.05) is 0 Å². The lowest BCUT2D eigenvalue weighted by atomic mass is 10.1. The van der Waals surface area contributed by atoms with Gasteiger partial charge in [-0.1, -0.05) is 22.0 Å². The lowest BCUT2D eigenvalue weighted by Gasteiger charge is -2.12. The fraction of sp³-hybridized carbons (Fsp3) is 0.538. The van der Waals surface area contributed by atoms with Gasteiger partial charge in [0.1, 0.15) is 0 Å². The first kappa shape index (κ1) is 12.1. The molecule has 1 atom stereocenters. The minimum Gasteiger partial charge on any atom is -0.377 e. The normalized spacial score (nSPS) is 20.2. The Balaban J connectivity index is 1.82. The SMILES string of the molecule is Cc1ccc(Br)cc1CNCC1CCCO1. The summed E-state index contributed by atoms with van der Waals surface area (Å²) in [5.74, 6) is 0. The molecule has 2 nitrogen and oxygen atoms in total. The van der Waals surface area contributed by atoms with Gasteiger partial charge in [0.25, 0.3) is 0 Å². The van der Waals surface area contributed by atoms with E-state index in [0.29, 0.717) is 6.10 Å². The molecule has 1 fully saturated rings. The summed E-state index contributed by atoms with van der Waals surface area (Å²) in [4.78, 5) is 0. The Bertz CT molecular complexity index is 348. The Morgan fingerprint density at radius 1 is 1.50 bits per heavy atom. The Hall–Kier alpha value is -0.380. The first-order valence-electron chi connectivity index (χ1n) is 5.83. The van der Waals surface area contributed by atoms with E-state index in [1.54, 1.807) is 0 Å². The van der Waals surface area contributed by atoms with E-state index in [1.165, 1.54) is 24.0 Å². The number of halogens is 1. The highest BCUT2D eigenvalue weighted by atomic mass is 79.9. The average molecular weight is 284 g/mol. The van der Waals surface area contributed by atoms with E-state index in [0.717, 1.165) is 24.2 Å². The summed E-state index contributed by atoms with van der Waals surface area (Å²) in [6.07, 6.45) is 2.83. The highest BCUT2D eigenvalue weighted by Gasteiger charge is 2.14. The zero-order chi connectivity index (χ0) is 11.4. The molecular weight excluding hydrogens is 266 g/mol. The van der Waals surface area contributed by atoms with Gasteiger partial charge in [-0.2, -0.15) is 0 Å². The van der Waals surface area contributed by atoms with E-state index >= 15 is 0 Å². The molecular formula is C13H18BrNO. The van der Waals surface area contributed by atoms with Crippen molar-refractivity contribution in [2.45, 2.75) is 32.4 Å². The second kappa shape index (κ2) is 5.80. The highest BCUT2D eigenvalue weighted by Crippen LogP contribution is 2.16. The molecule has 16 heavy (non-hydrogen) atoms. The van der Waals surface area contributed by atoms with Crippen LogP contribution in [-0.4, -0.2) is 19.3 Å². The molecule has 1 aromatic rings. The van der Waals surface area contributed by atoms with Crippen molar-refractivity contribution in [2.24, 2.45) is 0 Å². The van der Waals surface area contributed by atoms with Crippen molar-refractivity contribution in [3.05, 3.63) is 33.8 Å². The summed E-state index contributed by atoms with van der Waals surface area (Å²) in [7, 11) is 0. The molecule has 2 rings (SSSR count). The van der Waals surface area contributed by atoms with Gasteiger partial charge in [-0.15, -0.1) is 0 Å². The van der Waals surface area contributed by atoms with Gasteiger partial charge < -0.3 is 10.1 Å². The second-order valence-corrected chi connectivity index (χ2v) is 5.25. The van der Waals surface area contributed by atoms with Crippen LogP contribution < -0.4 is 5.32 Å². The molecule has 0 bridgehead atoms.